The molecule has 0 bridgehead atoms. The number of aromatic nitrogens is 2. The summed E-state index contributed by atoms with van der Waals surface area (Å²) in [6, 6.07) is 7.17. The van der Waals surface area contributed by atoms with Crippen LogP contribution >= 0.6 is 11.3 Å². The van der Waals surface area contributed by atoms with Gasteiger partial charge < -0.3 is 20.7 Å². The maximum absolute atomic E-state index is 12.5. The Bertz CT molecular complexity index is 850. The monoisotopic (exact) mass is 328 g/mol. The Kier molecular flexibility index (Phi) is 3.51. The van der Waals surface area contributed by atoms with Crippen LogP contribution in [0.3, 0.4) is 0 Å². The number of aromatic amines is 1. The lowest BCUT2D eigenvalue weighted by Crippen LogP contribution is -2.36. The molecule has 1 saturated heterocycles. The third-order valence-electron chi connectivity index (χ3n) is 4.02. The number of fused-ring (bicyclic) bond motifs is 1. The van der Waals surface area contributed by atoms with Crippen molar-refractivity contribution in [1.82, 2.24) is 20.6 Å². The SMILES string of the molecule is O=C(NC1CCNC1)c1ccc(O)c2[nH]c(-c3cccs3)nc12. The molecule has 0 radical (unpaired) electrons. The highest BCUT2D eigenvalue weighted by atomic mass is 32.1. The molecule has 1 aliphatic rings. The van der Waals surface area contributed by atoms with E-state index in [9.17, 15) is 9.90 Å². The normalized spacial score (nSPS) is 17.7. The van der Waals surface area contributed by atoms with E-state index >= 15 is 0 Å². The van der Waals surface area contributed by atoms with Crippen molar-refractivity contribution in [2.24, 2.45) is 0 Å². The molecule has 3 aromatic rings. The number of hydrogen-bond acceptors (Lipinski definition) is 5. The molecule has 2 aromatic heterocycles. The van der Waals surface area contributed by atoms with E-state index in [0.717, 1.165) is 24.4 Å². The predicted molar refractivity (Wildman–Crippen MR) is 89.8 cm³/mol. The van der Waals surface area contributed by atoms with Gasteiger partial charge in [0, 0.05) is 12.6 Å². The molecule has 3 heterocycles. The molecule has 23 heavy (non-hydrogen) atoms. The van der Waals surface area contributed by atoms with Gasteiger partial charge in [0.1, 0.15) is 22.6 Å². The zero-order valence-corrected chi connectivity index (χ0v) is 13.1. The Balaban J connectivity index is 1.74. The molecule has 1 unspecified atom stereocenters. The average molecular weight is 328 g/mol. The van der Waals surface area contributed by atoms with Crippen LogP contribution < -0.4 is 10.6 Å². The highest BCUT2D eigenvalue weighted by molar-refractivity contribution is 7.13. The van der Waals surface area contributed by atoms with E-state index in [1.165, 1.54) is 6.07 Å². The number of rotatable bonds is 3. The summed E-state index contributed by atoms with van der Waals surface area (Å²) in [6.07, 6.45) is 0.925. The molecule has 0 saturated carbocycles. The van der Waals surface area contributed by atoms with Crippen molar-refractivity contribution in [2.75, 3.05) is 13.1 Å². The van der Waals surface area contributed by atoms with Crippen LogP contribution in [0, 0.1) is 0 Å². The molecule has 7 heteroatoms. The van der Waals surface area contributed by atoms with E-state index in [2.05, 4.69) is 20.6 Å². The average Bonchev–Trinajstić information content (AvgIpc) is 3.28. The third-order valence-corrected chi connectivity index (χ3v) is 4.89. The number of hydrogen-bond donors (Lipinski definition) is 4. The number of H-pyrrole nitrogens is 1. The second kappa shape index (κ2) is 5.68. The summed E-state index contributed by atoms with van der Waals surface area (Å²) in [7, 11) is 0. The summed E-state index contributed by atoms with van der Waals surface area (Å²) >= 11 is 1.55. The first kappa shape index (κ1) is 14.2. The van der Waals surface area contributed by atoms with Crippen LogP contribution in [-0.2, 0) is 0 Å². The maximum atomic E-state index is 12.5. The molecule has 4 rings (SSSR count). The van der Waals surface area contributed by atoms with E-state index in [1.807, 2.05) is 17.5 Å². The first-order valence-corrected chi connectivity index (χ1v) is 8.37. The minimum atomic E-state index is -0.159. The van der Waals surface area contributed by atoms with Crippen molar-refractivity contribution in [3.05, 3.63) is 35.2 Å². The van der Waals surface area contributed by atoms with Crippen LogP contribution in [0.25, 0.3) is 21.7 Å². The fraction of sp³-hybridized carbons (Fsp3) is 0.250. The third kappa shape index (κ3) is 2.58. The molecular weight excluding hydrogens is 312 g/mol. The number of amides is 1. The van der Waals surface area contributed by atoms with Crippen LogP contribution in [0.15, 0.2) is 29.6 Å². The van der Waals surface area contributed by atoms with Gasteiger partial charge in [-0.15, -0.1) is 11.3 Å². The van der Waals surface area contributed by atoms with E-state index in [-0.39, 0.29) is 17.7 Å². The first-order valence-electron chi connectivity index (χ1n) is 7.49. The van der Waals surface area contributed by atoms with E-state index in [0.29, 0.717) is 22.4 Å². The summed E-state index contributed by atoms with van der Waals surface area (Å²) < 4.78 is 0. The molecule has 0 spiro atoms. The van der Waals surface area contributed by atoms with Crippen LogP contribution in [-0.4, -0.2) is 40.1 Å². The molecule has 1 aliphatic heterocycles. The quantitative estimate of drug-likeness (QED) is 0.593. The number of benzene rings is 1. The van der Waals surface area contributed by atoms with E-state index < -0.39 is 0 Å². The molecule has 118 valence electrons. The lowest BCUT2D eigenvalue weighted by molar-refractivity contribution is 0.0941. The van der Waals surface area contributed by atoms with Crippen LogP contribution in [0.4, 0.5) is 0 Å². The number of imidazole rings is 1. The Hall–Kier alpha value is -2.38. The smallest absolute Gasteiger partial charge is 0.253 e. The van der Waals surface area contributed by atoms with Gasteiger partial charge in [-0.25, -0.2) is 4.98 Å². The number of aromatic hydroxyl groups is 1. The van der Waals surface area contributed by atoms with E-state index in [1.54, 1.807) is 17.4 Å². The van der Waals surface area contributed by atoms with Gasteiger partial charge in [-0.1, -0.05) is 6.07 Å². The zero-order chi connectivity index (χ0) is 15.8. The Morgan fingerprint density at radius 2 is 2.30 bits per heavy atom. The number of carbonyl (C=O) groups excluding carboxylic acids is 1. The maximum Gasteiger partial charge on any atom is 0.253 e. The van der Waals surface area contributed by atoms with Gasteiger partial charge in [-0.2, -0.15) is 0 Å². The molecule has 1 aromatic carbocycles. The van der Waals surface area contributed by atoms with Crippen LogP contribution in [0.2, 0.25) is 0 Å². The topological polar surface area (TPSA) is 90.0 Å². The van der Waals surface area contributed by atoms with Gasteiger partial charge >= 0.3 is 0 Å². The van der Waals surface area contributed by atoms with Crippen LogP contribution in [0.1, 0.15) is 16.8 Å². The number of phenols is 1. The Morgan fingerprint density at radius 3 is 3.04 bits per heavy atom. The number of nitrogens with zero attached hydrogens (tertiary/aromatic N) is 1. The van der Waals surface area contributed by atoms with Crippen molar-refractivity contribution < 1.29 is 9.90 Å². The van der Waals surface area contributed by atoms with Gasteiger partial charge in [0.25, 0.3) is 5.91 Å². The minimum Gasteiger partial charge on any atom is -0.506 e. The first-order chi connectivity index (χ1) is 11.2. The van der Waals surface area contributed by atoms with Gasteiger partial charge in [0.15, 0.2) is 0 Å². The number of thiophene rings is 1. The fourth-order valence-electron chi connectivity index (χ4n) is 2.83. The van der Waals surface area contributed by atoms with Crippen molar-refractivity contribution in [3.8, 4) is 16.5 Å². The molecule has 6 nitrogen and oxygen atoms in total. The van der Waals surface area contributed by atoms with Gasteiger partial charge in [-0.3, -0.25) is 4.79 Å². The summed E-state index contributed by atoms with van der Waals surface area (Å²) in [4.78, 5) is 21.2. The van der Waals surface area contributed by atoms with Crippen molar-refractivity contribution in [3.63, 3.8) is 0 Å². The highest BCUT2D eigenvalue weighted by Gasteiger charge is 2.21. The lowest BCUT2D eigenvalue weighted by atomic mass is 10.1. The molecule has 0 aliphatic carbocycles. The second-order valence-electron chi connectivity index (χ2n) is 5.58. The molecule has 4 N–H and O–H groups in total. The van der Waals surface area contributed by atoms with Gasteiger partial charge in [-0.05, 0) is 36.5 Å². The molecule has 1 amide bonds. The Morgan fingerprint density at radius 1 is 1.39 bits per heavy atom. The second-order valence-corrected chi connectivity index (χ2v) is 6.53. The standard InChI is InChI=1S/C16H16N4O2S/c21-11-4-3-10(16(22)18-9-5-6-17-8-9)13-14(11)20-15(19-13)12-2-1-7-23-12/h1-4,7,9,17,21H,5-6,8H2,(H,18,22)(H,19,20). The fourth-order valence-corrected chi connectivity index (χ4v) is 3.50. The summed E-state index contributed by atoms with van der Waals surface area (Å²) in [5.41, 5.74) is 1.46. The molecular formula is C16H16N4O2S. The number of nitrogens with one attached hydrogen (secondary N) is 3. The number of carbonyl (C=O) groups is 1. The van der Waals surface area contributed by atoms with Crippen molar-refractivity contribution in [1.29, 1.82) is 0 Å². The summed E-state index contributed by atoms with van der Waals surface area (Å²) in [6.45, 7) is 1.70. The van der Waals surface area contributed by atoms with Crippen molar-refractivity contribution in [2.45, 2.75) is 12.5 Å². The minimum absolute atomic E-state index is 0.0920. The van der Waals surface area contributed by atoms with Crippen molar-refractivity contribution >= 4 is 28.3 Å². The van der Waals surface area contributed by atoms with Gasteiger partial charge in [0.2, 0.25) is 0 Å². The van der Waals surface area contributed by atoms with Crippen LogP contribution in [0.5, 0.6) is 5.75 Å². The van der Waals surface area contributed by atoms with Gasteiger partial charge in [0.05, 0.1) is 10.4 Å². The zero-order valence-electron chi connectivity index (χ0n) is 12.3. The lowest BCUT2D eigenvalue weighted by Gasteiger charge is -2.11. The largest absolute Gasteiger partial charge is 0.506 e. The predicted octanol–water partition coefficient (Wildman–Crippen LogP) is 2.09. The van der Waals surface area contributed by atoms with E-state index in [4.69, 9.17) is 0 Å². The number of phenolic OH excluding ortho intramolecular Hbond substituents is 1. The summed E-state index contributed by atoms with van der Waals surface area (Å²) in [5, 5.41) is 18.3. The molecule has 1 atom stereocenters. The highest BCUT2D eigenvalue weighted by Crippen LogP contribution is 2.30. The summed E-state index contributed by atoms with van der Waals surface area (Å²) in [5.74, 6) is 0.593. The Labute approximate surface area is 136 Å². The molecule has 1 fully saturated rings.